The standard InChI is InChI=1S/C23H17FN6OS/c24-17-7-5-15(6-8-17)21-28-19-10-9-18(11-20(19)29-21)27-22(31)16-3-1-14(2-4-16)12-32-23-25-13-26-30-23/h1-11,13H,12H2,(H,27,31)(H,28,29)(H,25,26,30). The van der Waals surface area contributed by atoms with E-state index in [0.717, 1.165) is 33.1 Å². The van der Waals surface area contributed by atoms with Gasteiger partial charge in [-0.2, -0.15) is 5.10 Å². The molecule has 7 nitrogen and oxygen atoms in total. The fraction of sp³-hybridized carbons (Fsp3) is 0.0435. The summed E-state index contributed by atoms with van der Waals surface area (Å²) in [7, 11) is 0. The molecule has 9 heteroatoms. The monoisotopic (exact) mass is 444 g/mol. The molecule has 5 aromatic rings. The number of thioether (sulfide) groups is 1. The van der Waals surface area contributed by atoms with Crippen LogP contribution < -0.4 is 5.32 Å². The van der Waals surface area contributed by atoms with E-state index in [-0.39, 0.29) is 11.7 Å². The second-order valence-electron chi connectivity index (χ2n) is 7.05. The molecule has 0 radical (unpaired) electrons. The normalized spacial score (nSPS) is 11.0. The highest BCUT2D eigenvalue weighted by Crippen LogP contribution is 2.24. The smallest absolute Gasteiger partial charge is 0.255 e. The Bertz CT molecular complexity index is 1360. The van der Waals surface area contributed by atoms with Crippen LogP contribution in [0.15, 0.2) is 78.2 Å². The Morgan fingerprint density at radius 2 is 1.84 bits per heavy atom. The highest BCUT2D eigenvalue weighted by molar-refractivity contribution is 7.98. The van der Waals surface area contributed by atoms with Gasteiger partial charge in [-0.15, -0.1) is 0 Å². The number of imidazole rings is 1. The van der Waals surface area contributed by atoms with Crippen LogP contribution >= 0.6 is 11.8 Å². The molecule has 0 atom stereocenters. The van der Waals surface area contributed by atoms with E-state index in [0.29, 0.717) is 17.1 Å². The van der Waals surface area contributed by atoms with Gasteiger partial charge >= 0.3 is 0 Å². The van der Waals surface area contributed by atoms with Crippen LogP contribution in [0.25, 0.3) is 22.4 Å². The number of carbonyl (C=O) groups is 1. The summed E-state index contributed by atoms with van der Waals surface area (Å²) in [6, 6.07) is 19.0. The predicted octanol–water partition coefficient (Wildman–Crippen LogP) is 5.03. The third-order valence-electron chi connectivity index (χ3n) is 4.84. The molecule has 0 aliphatic carbocycles. The van der Waals surface area contributed by atoms with Crippen molar-refractivity contribution in [3.63, 3.8) is 0 Å². The molecular formula is C23H17FN6OS. The Morgan fingerprint density at radius 3 is 2.59 bits per heavy atom. The molecule has 3 aromatic carbocycles. The van der Waals surface area contributed by atoms with Crippen molar-refractivity contribution in [3.8, 4) is 11.4 Å². The number of amides is 1. The number of H-pyrrole nitrogens is 2. The Morgan fingerprint density at radius 1 is 1.03 bits per heavy atom. The third-order valence-corrected chi connectivity index (χ3v) is 5.79. The van der Waals surface area contributed by atoms with Crippen molar-refractivity contribution < 1.29 is 9.18 Å². The highest BCUT2D eigenvalue weighted by atomic mass is 32.2. The molecule has 5 rings (SSSR count). The van der Waals surface area contributed by atoms with Gasteiger partial charge in [0.15, 0.2) is 5.16 Å². The molecule has 0 saturated heterocycles. The summed E-state index contributed by atoms with van der Waals surface area (Å²) in [5.41, 5.74) is 4.62. The number of anilines is 1. The Balaban J connectivity index is 1.27. The van der Waals surface area contributed by atoms with Crippen LogP contribution in [0, 0.1) is 5.82 Å². The number of carbonyl (C=O) groups excluding carboxylic acids is 1. The SMILES string of the molecule is O=C(Nc1ccc2nc(-c3ccc(F)cc3)[nH]c2c1)c1ccc(CSc2ncn[nH]2)cc1. The van der Waals surface area contributed by atoms with Crippen molar-refractivity contribution in [3.05, 3.63) is 90.0 Å². The quantitative estimate of drug-likeness (QED) is 0.319. The molecule has 0 saturated carbocycles. The van der Waals surface area contributed by atoms with Crippen molar-refractivity contribution >= 4 is 34.4 Å². The fourth-order valence-corrected chi connectivity index (χ4v) is 3.94. The third kappa shape index (κ3) is 4.37. The van der Waals surface area contributed by atoms with Crippen molar-refractivity contribution in [2.75, 3.05) is 5.32 Å². The van der Waals surface area contributed by atoms with E-state index in [4.69, 9.17) is 0 Å². The molecule has 1 amide bonds. The van der Waals surface area contributed by atoms with Crippen LogP contribution in [0.2, 0.25) is 0 Å². The molecule has 32 heavy (non-hydrogen) atoms. The van der Waals surface area contributed by atoms with Gasteiger partial charge in [0.25, 0.3) is 5.91 Å². The van der Waals surface area contributed by atoms with Gasteiger partial charge in [0.1, 0.15) is 18.0 Å². The number of halogens is 1. The largest absolute Gasteiger partial charge is 0.338 e. The van der Waals surface area contributed by atoms with Gasteiger partial charge in [0.2, 0.25) is 0 Å². The number of aromatic amines is 2. The zero-order valence-corrected chi connectivity index (χ0v) is 17.5. The van der Waals surface area contributed by atoms with E-state index in [1.165, 1.54) is 18.5 Å². The number of nitrogens with zero attached hydrogens (tertiary/aromatic N) is 3. The molecule has 158 valence electrons. The molecule has 2 heterocycles. The number of aromatic nitrogens is 5. The van der Waals surface area contributed by atoms with E-state index in [9.17, 15) is 9.18 Å². The average molecular weight is 444 g/mol. The van der Waals surface area contributed by atoms with Crippen LogP contribution in [-0.2, 0) is 5.75 Å². The molecule has 3 N–H and O–H groups in total. The van der Waals surface area contributed by atoms with E-state index in [1.807, 2.05) is 24.3 Å². The fourth-order valence-electron chi connectivity index (χ4n) is 3.20. The van der Waals surface area contributed by atoms with E-state index in [1.54, 1.807) is 42.1 Å². The van der Waals surface area contributed by atoms with Gasteiger partial charge in [-0.05, 0) is 60.2 Å². The van der Waals surface area contributed by atoms with Gasteiger partial charge in [-0.1, -0.05) is 23.9 Å². The van der Waals surface area contributed by atoms with Crippen LogP contribution in [-0.4, -0.2) is 31.1 Å². The van der Waals surface area contributed by atoms with Gasteiger partial charge in [-0.3, -0.25) is 9.89 Å². The second kappa shape index (κ2) is 8.64. The van der Waals surface area contributed by atoms with Crippen LogP contribution in [0.3, 0.4) is 0 Å². The lowest BCUT2D eigenvalue weighted by atomic mass is 10.1. The molecule has 0 aliphatic rings. The minimum Gasteiger partial charge on any atom is -0.338 e. The predicted molar refractivity (Wildman–Crippen MR) is 122 cm³/mol. The maximum atomic E-state index is 13.2. The number of hydrogen-bond acceptors (Lipinski definition) is 5. The van der Waals surface area contributed by atoms with Gasteiger partial charge in [0.05, 0.1) is 11.0 Å². The molecule has 0 spiro atoms. The van der Waals surface area contributed by atoms with Crippen LogP contribution in [0.4, 0.5) is 10.1 Å². The topological polar surface area (TPSA) is 99.3 Å². The summed E-state index contributed by atoms with van der Waals surface area (Å²) >= 11 is 1.54. The van der Waals surface area contributed by atoms with Gasteiger partial charge < -0.3 is 10.3 Å². The number of hydrogen-bond donors (Lipinski definition) is 3. The lowest BCUT2D eigenvalue weighted by molar-refractivity contribution is 0.102. The first-order chi connectivity index (χ1) is 15.6. The van der Waals surface area contributed by atoms with Crippen molar-refractivity contribution in [2.45, 2.75) is 10.9 Å². The summed E-state index contributed by atoms with van der Waals surface area (Å²) in [6.07, 6.45) is 1.47. The second-order valence-corrected chi connectivity index (χ2v) is 8.02. The van der Waals surface area contributed by atoms with Crippen molar-refractivity contribution in [2.24, 2.45) is 0 Å². The Hall–Kier alpha value is -3.98. The molecule has 0 bridgehead atoms. The first kappa shape index (κ1) is 20.0. The van der Waals surface area contributed by atoms with Gasteiger partial charge in [-0.25, -0.2) is 14.4 Å². The summed E-state index contributed by atoms with van der Waals surface area (Å²) < 4.78 is 13.2. The lowest BCUT2D eigenvalue weighted by Crippen LogP contribution is -2.11. The number of fused-ring (bicyclic) bond motifs is 1. The van der Waals surface area contributed by atoms with E-state index < -0.39 is 0 Å². The minimum atomic E-state index is -0.295. The Kier molecular flexibility index (Phi) is 5.39. The van der Waals surface area contributed by atoms with Crippen LogP contribution in [0.1, 0.15) is 15.9 Å². The van der Waals surface area contributed by atoms with Crippen LogP contribution in [0.5, 0.6) is 0 Å². The first-order valence-corrected chi connectivity index (χ1v) is 10.8. The highest BCUT2D eigenvalue weighted by Gasteiger charge is 2.10. The zero-order valence-electron chi connectivity index (χ0n) is 16.7. The van der Waals surface area contributed by atoms with E-state index >= 15 is 0 Å². The summed E-state index contributed by atoms with van der Waals surface area (Å²) in [6.45, 7) is 0. The number of benzene rings is 3. The summed E-state index contributed by atoms with van der Waals surface area (Å²) in [5.74, 6) is 0.875. The van der Waals surface area contributed by atoms with Gasteiger partial charge in [0, 0.05) is 22.6 Å². The maximum absolute atomic E-state index is 13.2. The minimum absolute atomic E-state index is 0.197. The number of rotatable bonds is 6. The molecular weight excluding hydrogens is 427 g/mol. The molecule has 0 unspecified atom stereocenters. The molecule has 2 aromatic heterocycles. The van der Waals surface area contributed by atoms with E-state index in [2.05, 4.69) is 30.5 Å². The molecule has 0 aliphatic heterocycles. The summed E-state index contributed by atoms with van der Waals surface area (Å²) in [4.78, 5) is 24.5. The summed E-state index contributed by atoms with van der Waals surface area (Å²) in [5, 5.41) is 10.3. The average Bonchev–Trinajstić information content (AvgIpc) is 3.48. The maximum Gasteiger partial charge on any atom is 0.255 e. The lowest BCUT2D eigenvalue weighted by Gasteiger charge is -2.06. The van der Waals surface area contributed by atoms with Crippen molar-refractivity contribution in [1.82, 2.24) is 25.1 Å². The first-order valence-electron chi connectivity index (χ1n) is 9.78. The number of nitrogens with one attached hydrogen (secondary N) is 3. The molecule has 0 fully saturated rings. The van der Waals surface area contributed by atoms with Crippen molar-refractivity contribution in [1.29, 1.82) is 0 Å². The zero-order chi connectivity index (χ0) is 21.9. The Labute approximate surface area is 186 Å².